The summed E-state index contributed by atoms with van der Waals surface area (Å²) >= 11 is 0. The van der Waals surface area contributed by atoms with Gasteiger partial charge in [0.2, 0.25) is 5.91 Å². The van der Waals surface area contributed by atoms with Gasteiger partial charge in [0, 0.05) is 6.42 Å². The number of methoxy groups -OCH3 is 1. The topological polar surface area (TPSA) is 73.6 Å². The standard InChI is InChI=1S/C17H19FN2O3/c1-22-13-5-7-14(8-6-13)23-10-2-3-17(21)20-16-9-4-12(18)11-15(16)19/h4-9,11H,2-3,10,19H2,1H3,(H,20,21). The van der Waals surface area contributed by atoms with E-state index >= 15 is 0 Å². The molecule has 1 amide bonds. The van der Waals surface area contributed by atoms with Crippen LogP contribution in [0.4, 0.5) is 15.8 Å². The quantitative estimate of drug-likeness (QED) is 0.607. The molecule has 6 heteroatoms. The van der Waals surface area contributed by atoms with E-state index < -0.39 is 5.82 Å². The number of amides is 1. The molecule has 0 aliphatic rings. The Hall–Kier alpha value is -2.76. The van der Waals surface area contributed by atoms with E-state index in [1.54, 1.807) is 31.4 Å². The first-order valence-electron chi connectivity index (χ1n) is 7.20. The van der Waals surface area contributed by atoms with Crippen molar-refractivity contribution in [1.82, 2.24) is 0 Å². The average Bonchev–Trinajstić information content (AvgIpc) is 2.55. The second-order valence-corrected chi connectivity index (χ2v) is 4.91. The van der Waals surface area contributed by atoms with Crippen molar-refractivity contribution < 1.29 is 18.7 Å². The van der Waals surface area contributed by atoms with Crippen molar-refractivity contribution >= 4 is 17.3 Å². The van der Waals surface area contributed by atoms with Gasteiger partial charge in [-0.1, -0.05) is 0 Å². The Bertz CT molecular complexity index is 659. The van der Waals surface area contributed by atoms with Gasteiger partial charge in [-0.3, -0.25) is 4.79 Å². The zero-order chi connectivity index (χ0) is 16.7. The van der Waals surface area contributed by atoms with Gasteiger partial charge in [-0.2, -0.15) is 0 Å². The summed E-state index contributed by atoms with van der Waals surface area (Å²) < 4.78 is 23.5. The van der Waals surface area contributed by atoms with Crippen LogP contribution in [0.25, 0.3) is 0 Å². The summed E-state index contributed by atoms with van der Waals surface area (Å²) in [4.78, 5) is 11.8. The number of halogens is 1. The van der Waals surface area contributed by atoms with Gasteiger partial charge in [-0.15, -0.1) is 0 Å². The van der Waals surface area contributed by atoms with Gasteiger partial charge >= 0.3 is 0 Å². The van der Waals surface area contributed by atoms with Gasteiger partial charge in [-0.05, 0) is 48.9 Å². The molecule has 2 aromatic carbocycles. The molecule has 3 N–H and O–H groups in total. The van der Waals surface area contributed by atoms with Crippen molar-refractivity contribution in [2.45, 2.75) is 12.8 Å². The molecule has 0 spiro atoms. The molecule has 5 nitrogen and oxygen atoms in total. The maximum Gasteiger partial charge on any atom is 0.224 e. The van der Waals surface area contributed by atoms with E-state index in [0.717, 1.165) is 5.75 Å². The van der Waals surface area contributed by atoms with Crippen LogP contribution >= 0.6 is 0 Å². The predicted octanol–water partition coefficient (Wildman–Crippen LogP) is 3.21. The second-order valence-electron chi connectivity index (χ2n) is 4.91. The lowest BCUT2D eigenvalue weighted by Crippen LogP contribution is -2.14. The molecule has 0 heterocycles. The summed E-state index contributed by atoms with van der Waals surface area (Å²) in [6.45, 7) is 0.415. The molecule has 0 saturated carbocycles. The number of nitrogens with one attached hydrogen (secondary N) is 1. The molecule has 0 aromatic heterocycles. The average molecular weight is 318 g/mol. The first kappa shape index (κ1) is 16.6. The summed E-state index contributed by atoms with van der Waals surface area (Å²) in [6.07, 6.45) is 0.839. The highest BCUT2D eigenvalue weighted by Gasteiger charge is 2.06. The number of hydrogen-bond acceptors (Lipinski definition) is 4. The Morgan fingerprint density at radius 1 is 1.17 bits per heavy atom. The molecule has 0 bridgehead atoms. The molecule has 0 aliphatic heterocycles. The molecule has 0 saturated heterocycles. The number of anilines is 2. The minimum absolute atomic E-state index is 0.193. The Morgan fingerprint density at radius 2 is 1.87 bits per heavy atom. The van der Waals surface area contributed by atoms with E-state index in [9.17, 15) is 9.18 Å². The number of rotatable bonds is 7. The first-order chi connectivity index (χ1) is 11.1. The van der Waals surface area contributed by atoms with Crippen LogP contribution in [0.15, 0.2) is 42.5 Å². The van der Waals surface area contributed by atoms with E-state index in [0.29, 0.717) is 24.5 Å². The number of hydrogen-bond donors (Lipinski definition) is 2. The van der Waals surface area contributed by atoms with Crippen molar-refractivity contribution in [1.29, 1.82) is 0 Å². The lowest BCUT2D eigenvalue weighted by Gasteiger charge is -2.09. The number of carbonyl (C=O) groups excluding carboxylic acids is 1. The minimum Gasteiger partial charge on any atom is -0.497 e. The van der Waals surface area contributed by atoms with Crippen LogP contribution in [0.3, 0.4) is 0 Å². The van der Waals surface area contributed by atoms with Crippen molar-refractivity contribution in [3.63, 3.8) is 0 Å². The fourth-order valence-electron chi connectivity index (χ4n) is 1.95. The van der Waals surface area contributed by atoms with E-state index in [2.05, 4.69) is 5.32 Å². The highest BCUT2D eigenvalue weighted by molar-refractivity contribution is 5.93. The SMILES string of the molecule is COc1ccc(OCCCC(=O)Nc2ccc(F)cc2N)cc1. The zero-order valence-electron chi connectivity index (χ0n) is 12.8. The molecule has 0 radical (unpaired) electrons. The van der Waals surface area contributed by atoms with Crippen LogP contribution in [-0.4, -0.2) is 19.6 Å². The van der Waals surface area contributed by atoms with Crippen molar-refractivity contribution in [3.05, 3.63) is 48.3 Å². The number of nitrogen functional groups attached to an aromatic ring is 1. The molecular weight excluding hydrogens is 299 g/mol. The van der Waals surface area contributed by atoms with E-state index in [1.807, 2.05) is 0 Å². The predicted molar refractivity (Wildman–Crippen MR) is 87.2 cm³/mol. The Morgan fingerprint density at radius 3 is 2.52 bits per heavy atom. The molecule has 0 aliphatic carbocycles. The molecular formula is C17H19FN2O3. The van der Waals surface area contributed by atoms with Crippen molar-refractivity contribution in [2.24, 2.45) is 0 Å². The van der Waals surface area contributed by atoms with Crippen LogP contribution < -0.4 is 20.5 Å². The lowest BCUT2D eigenvalue weighted by molar-refractivity contribution is -0.116. The molecule has 23 heavy (non-hydrogen) atoms. The van der Waals surface area contributed by atoms with Gasteiger partial charge in [0.1, 0.15) is 17.3 Å². The summed E-state index contributed by atoms with van der Waals surface area (Å²) in [5, 5.41) is 2.65. The largest absolute Gasteiger partial charge is 0.497 e. The Balaban J connectivity index is 1.72. The molecule has 0 atom stereocenters. The third-order valence-electron chi connectivity index (χ3n) is 3.16. The highest BCUT2D eigenvalue weighted by Crippen LogP contribution is 2.20. The molecule has 2 rings (SSSR count). The second kappa shape index (κ2) is 8.03. The fourth-order valence-corrected chi connectivity index (χ4v) is 1.95. The third-order valence-corrected chi connectivity index (χ3v) is 3.16. The monoisotopic (exact) mass is 318 g/mol. The normalized spacial score (nSPS) is 10.2. The number of nitrogens with two attached hydrogens (primary N) is 1. The fraction of sp³-hybridized carbons (Fsp3) is 0.235. The van der Waals surface area contributed by atoms with Crippen LogP contribution in [0.2, 0.25) is 0 Å². The van der Waals surface area contributed by atoms with Crippen LogP contribution in [-0.2, 0) is 4.79 Å². The maximum absolute atomic E-state index is 12.9. The molecule has 2 aromatic rings. The third kappa shape index (κ3) is 5.18. The van der Waals surface area contributed by atoms with Gasteiger partial charge in [0.05, 0.1) is 25.1 Å². The van der Waals surface area contributed by atoms with E-state index in [1.165, 1.54) is 18.2 Å². The number of carbonyl (C=O) groups is 1. The van der Waals surface area contributed by atoms with Gasteiger partial charge in [0.25, 0.3) is 0 Å². The number of ether oxygens (including phenoxy) is 2. The van der Waals surface area contributed by atoms with Crippen molar-refractivity contribution in [3.8, 4) is 11.5 Å². The van der Waals surface area contributed by atoms with Gasteiger partial charge in [-0.25, -0.2) is 4.39 Å². The van der Waals surface area contributed by atoms with Crippen molar-refractivity contribution in [2.75, 3.05) is 24.8 Å². The van der Waals surface area contributed by atoms with Gasteiger partial charge < -0.3 is 20.5 Å². The van der Waals surface area contributed by atoms with Crippen LogP contribution in [0, 0.1) is 5.82 Å². The highest BCUT2D eigenvalue weighted by atomic mass is 19.1. The first-order valence-corrected chi connectivity index (χ1v) is 7.20. The lowest BCUT2D eigenvalue weighted by atomic mass is 10.2. The Kier molecular flexibility index (Phi) is 5.80. The number of benzene rings is 2. The molecule has 122 valence electrons. The minimum atomic E-state index is -0.437. The summed E-state index contributed by atoms with van der Waals surface area (Å²) in [6, 6.07) is 11.1. The maximum atomic E-state index is 12.9. The van der Waals surface area contributed by atoms with Gasteiger partial charge in [0.15, 0.2) is 0 Å². The smallest absolute Gasteiger partial charge is 0.224 e. The molecule has 0 fully saturated rings. The Labute approximate surface area is 134 Å². The van der Waals surface area contributed by atoms with E-state index in [4.69, 9.17) is 15.2 Å². The summed E-state index contributed by atoms with van der Waals surface area (Å²) in [7, 11) is 1.60. The summed E-state index contributed by atoms with van der Waals surface area (Å²) in [5.74, 6) is 0.845. The van der Waals surface area contributed by atoms with Crippen LogP contribution in [0.5, 0.6) is 11.5 Å². The molecule has 0 unspecified atom stereocenters. The summed E-state index contributed by atoms with van der Waals surface area (Å²) in [5.41, 5.74) is 6.25. The van der Waals surface area contributed by atoms with E-state index in [-0.39, 0.29) is 18.0 Å². The zero-order valence-corrected chi connectivity index (χ0v) is 12.8. The van der Waals surface area contributed by atoms with Crippen LogP contribution in [0.1, 0.15) is 12.8 Å².